The third-order valence-corrected chi connectivity index (χ3v) is 3.15. The molecule has 1 N–H and O–H groups in total. The average molecular weight is 235 g/mol. The van der Waals surface area contributed by atoms with E-state index in [-0.39, 0.29) is 0 Å². The van der Waals surface area contributed by atoms with E-state index in [4.69, 9.17) is 4.74 Å². The molecule has 0 amide bonds. The van der Waals surface area contributed by atoms with Gasteiger partial charge in [0.25, 0.3) is 0 Å². The lowest BCUT2D eigenvalue weighted by Crippen LogP contribution is -2.27. The minimum atomic E-state index is 0.778. The van der Waals surface area contributed by atoms with Crippen LogP contribution in [-0.2, 0) is 30.5 Å². The number of aromatic nitrogens is 2. The Morgan fingerprint density at radius 2 is 2.24 bits per heavy atom. The fraction of sp³-hybridized carbons (Fsp3) is 0.692. The molecule has 0 spiro atoms. The van der Waals surface area contributed by atoms with E-state index in [1.807, 2.05) is 0 Å². The highest BCUT2D eigenvalue weighted by atomic mass is 16.5. The summed E-state index contributed by atoms with van der Waals surface area (Å²) >= 11 is 0. The molecule has 0 radical (unpaired) electrons. The molecule has 1 aliphatic rings. The fourth-order valence-corrected chi connectivity index (χ4v) is 2.27. The summed E-state index contributed by atoms with van der Waals surface area (Å²) < 4.78 is 5.06. The fourth-order valence-electron chi connectivity index (χ4n) is 2.27. The van der Waals surface area contributed by atoms with E-state index in [1.54, 1.807) is 7.11 Å². The molecule has 0 unspecified atom stereocenters. The van der Waals surface area contributed by atoms with Crippen LogP contribution >= 0.6 is 0 Å². The maximum atomic E-state index is 5.06. The number of hydrogen-bond acceptors (Lipinski definition) is 4. The number of rotatable bonds is 5. The number of ether oxygens (including phenoxy) is 1. The Morgan fingerprint density at radius 3 is 3.00 bits per heavy atom. The lowest BCUT2D eigenvalue weighted by Gasteiger charge is -2.19. The highest BCUT2D eigenvalue weighted by Gasteiger charge is 2.16. The number of fused-ring (bicyclic) bond motifs is 1. The Morgan fingerprint density at radius 1 is 1.35 bits per heavy atom. The van der Waals surface area contributed by atoms with Crippen LogP contribution in [0.1, 0.15) is 36.1 Å². The summed E-state index contributed by atoms with van der Waals surface area (Å²) in [6.07, 6.45) is 3.97. The summed E-state index contributed by atoms with van der Waals surface area (Å²) in [4.78, 5) is 9.35. The van der Waals surface area contributed by atoms with E-state index < -0.39 is 0 Å². The first kappa shape index (κ1) is 12.5. The minimum Gasteiger partial charge on any atom is -0.385 e. The summed E-state index contributed by atoms with van der Waals surface area (Å²) in [6, 6.07) is 0. The van der Waals surface area contributed by atoms with Gasteiger partial charge >= 0.3 is 0 Å². The van der Waals surface area contributed by atoms with Crippen molar-refractivity contribution in [1.82, 2.24) is 15.3 Å². The second-order valence-corrected chi connectivity index (χ2v) is 4.39. The van der Waals surface area contributed by atoms with Crippen molar-refractivity contribution in [3.8, 4) is 0 Å². The second kappa shape index (κ2) is 6.07. The van der Waals surface area contributed by atoms with Gasteiger partial charge in [-0.05, 0) is 31.4 Å². The third kappa shape index (κ3) is 3.01. The van der Waals surface area contributed by atoms with Gasteiger partial charge in [0, 0.05) is 32.4 Å². The zero-order valence-corrected chi connectivity index (χ0v) is 10.8. The molecule has 2 rings (SSSR count). The third-order valence-electron chi connectivity index (χ3n) is 3.15. The quantitative estimate of drug-likeness (QED) is 0.781. The minimum absolute atomic E-state index is 0.778. The number of nitrogens with zero attached hydrogens (tertiary/aromatic N) is 2. The molecule has 0 fully saturated rings. The Hall–Kier alpha value is -1.00. The smallest absolute Gasteiger partial charge is 0.129 e. The van der Waals surface area contributed by atoms with Gasteiger partial charge in [0.15, 0.2) is 0 Å². The van der Waals surface area contributed by atoms with E-state index >= 15 is 0 Å². The molecule has 0 atom stereocenters. The van der Waals surface area contributed by atoms with Crippen molar-refractivity contribution in [1.29, 1.82) is 0 Å². The number of hydrogen-bond donors (Lipinski definition) is 1. The van der Waals surface area contributed by atoms with Gasteiger partial charge in [0.1, 0.15) is 5.82 Å². The van der Waals surface area contributed by atoms with Gasteiger partial charge in [-0.3, -0.25) is 0 Å². The molecule has 1 aromatic heterocycles. The molecular weight excluding hydrogens is 214 g/mol. The first-order valence-electron chi connectivity index (χ1n) is 6.42. The van der Waals surface area contributed by atoms with Crippen molar-refractivity contribution in [3.63, 3.8) is 0 Å². The van der Waals surface area contributed by atoms with Crippen LogP contribution < -0.4 is 5.32 Å². The van der Waals surface area contributed by atoms with E-state index in [9.17, 15) is 0 Å². The molecule has 0 saturated carbocycles. The Labute approximate surface area is 103 Å². The maximum Gasteiger partial charge on any atom is 0.129 e. The molecule has 0 saturated heterocycles. The van der Waals surface area contributed by atoms with Crippen LogP contribution in [0.2, 0.25) is 0 Å². The van der Waals surface area contributed by atoms with Crippen LogP contribution in [-0.4, -0.2) is 30.2 Å². The molecule has 1 aromatic rings. The van der Waals surface area contributed by atoms with Crippen molar-refractivity contribution in [2.24, 2.45) is 0 Å². The zero-order chi connectivity index (χ0) is 12.1. The van der Waals surface area contributed by atoms with Crippen molar-refractivity contribution >= 4 is 0 Å². The van der Waals surface area contributed by atoms with E-state index in [2.05, 4.69) is 22.2 Å². The van der Waals surface area contributed by atoms with Crippen molar-refractivity contribution in [2.75, 3.05) is 20.3 Å². The first-order chi connectivity index (χ1) is 8.35. The molecule has 0 bridgehead atoms. The van der Waals surface area contributed by atoms with Crippen LogP contribution in [0.4, 0.5) is 0 Å². The van der Waals surface area contributed by atoms with Gasteiger partial charge in [-0.1, -0.05) is 6.92 Å². The van der Waals surface area contributed by atoms with Gasteiger partial charge in [-0.25, -0.2) is 9.97 Å². The largest absolute Gasteiger partial charge is 0.385 e. The van der Waals surface area contributed by atoms with Gasteiger partial charge in [-0.2, -0.15) is 0 Å². The van der Waals surface area contributed by atoms with E-state index in [1.165, 1.54) is 17.0 Å². The molecule has 4 heteroatoms. The van der Waals surface area contributed by atoms with Crippen LogP contribution in [0.25, 0.3) is 0 Å². The molecule has 1 aliphatic heterocycles. The predicted octanol–water partition coefficient (Wildman–Crippen LogP) is 1.26. The second-order valence-electron chi connectivity index (χ2n) is 4.39. The van der Waals surface area contributed by atoms with E-state index in [0.717, 1.165) is 51.2 Å². The summed E-state index contributed by atoms with van der Waals surface area (Å²) in [6.45, 7) is 4.89. The first-order valence-corrected chi connectivity index (χ1v) is 6.42. The zero-order valence-electron chi connectivity index (χ0n) is 10.8. The normalized spacial score (nSPS) is 14.7. The van der Waals surface area contributed by atoms with Crippen molar-refractivity contribution in [2.45, 2.75) is 39.2 Å². The molecule has 2 heterocycles. The average Bonchev–Trinajstić information content (AvgIpc) is 2.38. The molecular formula is C13H21N3O. The lowest BCUT2D eigenvalue weighted by atomic mass is 10.0. The van der Waals surface area contributed by atoms with Gasteiger partial charge < -0.3 is 10.1 Å². The lowest BCUT2D eigenvalue weighted by molar-refractivity contribution is 0.194. The van der Waals surface area contributed by atoms with Crippen molar-refractivity contribution < 1.29 is 4.74 Å². The molecule has 94 valence electrons. The summed E-state index contributed by atoms with van der Waals surface area (Å²) in [5.74, 6) is 0.973. The predicted molar refractivity (Wildman–Crippen MR) is 67.0 cm³/mol. The van der Waals surface area contributed by atoms with Crippen LogP contribution in [0.3, 0.4) is 0 Å². The summed E-state index contributed by atoms with van der Waals surface area (Å²) in [5, 5.41) is 3.37. The Bertz CT molecular complexity index is 362. The number of nitrogens with one attached hydrogen (secondary N) is 1. The van der Waals surface area contributed by atoms with Gasteiger partial charge in [-0.15, -0.1) is 0 Å². The highest BCUT2D eigenvalue weighted by molar-refractivity contribution is 5.28. The van der Waals surface area contributed by atoms with Gasteiger partial charge in [0.05, 0.1) is 5.69 Å². The van der Waals surface area contributed by atoms with E-state index in [0.29, 0.717) is 0 Å². The molecule has 17 heavy (non-hydrogen) atoms. The molecule has 4 nitrogen and oxygen atoms in total. The van der Waals surface area contributed by atoms with Gasteiger partial charge in [0.2, 0.25) is 0 Å². The SMILES string of the molecule is CCc1nc(CCCOC)nc2c1CCNC2. The number of methoxy groups -OCH3 is 1. The van der Waals surface area contributed by atoms with Crippen LogP contribution in [0.5, 0.6) is 0 Å². The molecule has 0 aromatic carbocycles. The maximum absolute atomic E-state index is 5.06. The Balaban J connectivity index is 2.17. The van der Waals surface area contributed by atoms with Crippen LogP contribution in [0, 0.1) is 0 Å². The Kier molecular flexibility index (Phi) is 4.45. The molecule has 0 aliphatic carbocycles. The summed E-state index contributed by atoms with van der Waals surface area (Å²) in [7, 11) is 1.73. The summed E-state index contributed by atoms with van der Waals surface area (Å²) in [5.41, 5.74) is 3.82. The topological polar surface area (TPSA) is 47.0 Å². The number of aryl methyl sites for hydroxylation is 2. The monoisotopic (exact) mass is 235 g/mol. The van der Waals surface area contributed by atoms with Crippen LogP contribution in [0.15, 0.2) is 0 Å². The standard InChI is InChI=1S/C13H21N3O/c1-3-11-10-6-7-14-9-12(10)16-13(15-11)5-4-8-17-2/h14H,3-9H2,1-2H3. The highest BCUT2D eigenvalue weighted by Crippen LogP contribution is 2.16. The van der Waals surface area contributed by atoms with Crippen molar-refractivity contribution in [3.05, 3.63) is 22.8 Å².